The molecule has 0 unspecified atom stereocenters. The van der Waals surface area contributed by atoms with E-state index in [0.717, 1.165) is 0 Å². The van der Waals surface area contributed by atoms with E-state index in [9.17, 15) is 9.50 Å². The number of aliphatic hydroxyl groups is 1. The highest BCUT2D eigenvalue weighted by molar-refractivity contribution is 5.42. The van der Waals surface area contributed by atoms with Crippen LogP contribution in [0, 0.1) is 17.1 Å². The van der Waals surface area contributed by atoms with Crippen molar-refractivity contribution < 1.29 is 14.2 Å². The highest BCUT2D eigenvalue weighted by atomic mass is 19.1. The zero-order valence-electron chi connectivity index (χ0n) is 10.3. The first-order chi connectivity index (χ1) is 9.10. The van der Waals surface area contributed by atoms with Gasteiger partial charge in [0, 0.05) is 5.56 Å². The van der Waals surface area contributed by atoms with E-state index in [4.69, 9.17) is 10.00 Å². The second kappa shape index (κ2) is 5.51. The van der Waals surface area contributed by atoms with E-state index >= 15 is 0 Å². The third-order valence-corrected chi connectivity index (χ3v) is 2.61. The fraction of sp³-hybridized carbons (Fsp3) is 0.133. The summed E-state index contributed by atoms with van der Waals surface area (Å²) in [4.78, 5) is 0. The Hall–Kier alpha value is -2.38. The molecule has 2 aromatic rings. The van der Waals surface area contributed by atoms with Crippen LogP contribution in [0.1, 0.15) is 24.2 Å². The number of halogens is 1. The van der Waals surface area contributed by atoms with Crippen molar-refractivity contribution in [1.82, 2.24) is 0 Å². The molecule has 0 fully saturated rings. The topological polar surface area (TPSA) is 53.2 Å². The Morgan fingerprint density at radius 2 is 2.05 bits per heavy atom. The molecule has 0 amide bonds. The lowest BCUT2D eigenvalue weighted by Gasteiger charge is -2.13. The molecule has 0 radical (unpaired) electrons. The summed E-state index contributed by atoms with van der Waals surface area (Å²) in [5.74, 6) is 0.396. The minimum atomic E-state index is -0.843. The van der Waals surface area contributed by atoms with Gasteiger partial charge in [0.15, 0.2) is 0 Å². The summed E-state index contributed by atoms with van der Waals surface area (Å²) in [5.41, 5.74) is 0.834. The summed E-state index contributed by atoms with van der Waals surface area (Å²) in [7, 11) is 0. The third kappa shape index (κ3) is 3.09. The molecule has 0 saturated heterocycles. The molecule has 0 aliphatic carbocycles. The molecule has 1 N–H and O–H groups in total. The number of aliphatic hydroxyl groups excluding tert-OH is 1. The number of rotatable bonds is 3. The molecule has 0 spiro atoms. The van der Waals surface area contributed by atoms with E-state index in [-0.39, 0.29) is 0 Å². The molecule has 2 aromatic carbocycles. The maximum atomic E-state index is 13.2. The van der Waals surface area contributed by atoms with Crippen molar-refractivity contribution in [3.63, 3.8) is 0 Å². The lowest BCUT2D eigenvalue weighted by Crippen LogP contribution is -1.97. The fourth-order valence-electron chi connectivity index (χ4n) is 1.69. The number of nitriles is 1. The maximum Gasteiger partial charge on any atom is 0.133 e. The number of nitrogens with zero attached hydrogens (tertiary/aromatic N) is 1. The molecule has 0 aliphatic rings. The molecule has 0 saturated carbocycles. The van der Waals surface area contributed by atoms with Gasteiger partial charge in [0.05, 0.1) is 17.7 Å². The maximum absolute atomic E-state index is 13.2. The molecule has 3 nitrogen and oxygen atoms in total. The Labute approximate surface area is 110 Å². The highest BCUT2D eigenvalue weighted by Gasteiger charge is 2.11. The van der Waals surface area contributed by atoms with Crippen LogP contribution >= 0.6 is 0 Å². The normalized spacial score (nSPS) is 11.7. The van der Waals surface area contributed by atoms with E-state index in [1.165, 1.54) is 25.1 Å². The number of ether oxygens (including phenoxy) is 1. The average molecular weight is 257 g/mol. The molecule has 0 heterocycles. The molecule has 19 heavy (non-hydrogen) atoms. The smallest absolute Gasteiger partial charge is 0.133 e. The number of benzene rings is 2. The van der Waals surface area contributed by atoms with E-state index in [0.29, 0.717) is 22.6 Å². The van der Waals surface area contributed by atoms with Gasteiger partial charge < -0.3 is 9.84 Å². The Bertz CT molecular complexity index is 632. The van der Waals surface area contributed by atoms with Crippen molar-refractivity contribution in [3.05, 3.63) is 59.4 Å². The van der Waals surface area contributed by atoms with Crippen molar-refractivity contribution in [2.45, 2.75) is 13.0 Å². The first-order valence-corrected chi connectivity index (χ1v) is 5.75. The monoisotopic (exact) mass is 257 g/mol. The van der Waals surface area contributed by atoms with Crippen molar-refractivity contribution in [3.8, 4) is 17.6 Å². The van der Waals surface area contributed by atoms with Gasteiger partial charge >= 0.3 is 0 Å². The van der Waals surface area contributed by atoms with Crippen molar-refractivity contribution >= 4 is 0 Å². The third-order valence-electron chi connectivity index (χ3n) is 2.61. The van der Waals surface area contributed by atoms with Gasteiger partial charge in [0.25, 0.3) is 0 Å². The van der Waals surface area contributed by atoms with Gasteiger partial charge in [0.1, 0.15) is 17.3 Å². The van der Waals surface area contributed by atoms with Gasteiger partial charge in [-0.3, -0.25) is 0 Å². The van der Waals surface area contributed by atoms with E-state index in [1.54, 1.807) is 24.3 Å². The van der Waals surface area contributed by atoms with Gasteiger partial charge in [-0.2, -0.15) is 5.26 Å². The Kier molecular flexibility index (Phi) is 3.79. The van der Waals surface area contributed by atoms with Crippen LogP contribution < -0.4 is 4.74 Å². The SMILES string of the molecule is C[C@H](O)c1cc(F)ccc1Oc1cccc(C#N)c1. The van der Waals surface area contributed by atoms with E-state index in [1.807, 2.05) is 6.07 Å². The summed E-state index contributed by atoms with van der Waals surface area (Å²) in [6.45, 7) is 1.54. The lowest BCUT2D eigenvalue weighted by atomic mass is 10.1. The van der Waals surface area contributed by atoms with Crippen LogP contribution in [0.15, 0.2) is 42.5 Å². The predicted molar refractivity (Wildman–Crippen MR) is 68.3 cm³/mol. The molecule has 0 bridgehead atoms. The quantitative estimate of drug-likeness (QED) is 0.914. The molecular formula is C15H12FNO2. The van der Waals surface area contributed by atoms with Crippen LogP contribution in [0.25, 0.3) is 0 Å². The number of hydrogen-bond acceptors (Lipinski definition) is 3. The van der Waals surface area contributed by atoms with Crippen LogP contribution in [-0.4, -0.2) is 5.11 Å². The predicted octanol–water partition coefficient (Wildman–Crippen LogP) is 3.54. The van der Waals surface area contributed by atoms with Crippen LogP contribution in [-0.2, 0) is 0 Å². The molecule has 1 atom stereocenters. The lowest BCUT2D eigenvalue weighted by molar-refractivity contribution is 0.195. The van der Waals surface area contributed by atoms with E-state index < -0.39 is 11.9 Å². The summed E-state index contributed by atoms with van der Waals surface area (Å²) in [6, 6.07) is 12.6. The average Bonchev–Trinajstić information content (AvgIpc) is 2.41. The standard InChI is InChI=1S/C15H12FNO2/c1-10(18)14-8-12(16)5-6-15(14)19-13-4-2-3-11(7-13)9-17/h2-8,10,18H,1H3/t10-/m0/s1. The zero-order chi connectivity index (χ0) is 13.8. The zero-order valence-corrected chi connectivity index (χ0v) is 10.3. The molecule has 2 rings (SSSR count). The fourth-order valence-corrected chi connectivity index (χ4v) is 1.69. The molecule has 96 valence electrons. The molecule has 0 aromatic heterocycles. The summed E-state index contributed by atoms with van der Waals surface area (Å²) in [5, 5.41) is 18.4. The van der Waals surface area contributed by atoms with Crippen molar-refractivity contribution in [2.24, 2.45) is 0 Å². The Morgan fingerprint density at radius 3 is 2.74 bits per heavy atom. The first-order valence-electron chi connectivity index (χ1n) is 5.75. The summed E-state index contributed by atoms with van der Waals surface area (Å²) < 4.78 is 18.7. The highest BCUT2D eigenvalue weighted by Crippen LogP contribution is 2.30. The Balaban J connectivity index is 2.35. The van der Waals surface area contributed by atoms with Crippen molar-refractivity contribution in [2.75, 3.05) is 0 Å². The largest absolute Gasteiger partial charge is 0.457 e. The first kappa shape index (κ1) is 13.1. The van der Waals surface area contributed by atoms with Crippen LogP contribution in [0.2, 0.25) is 0 Å². The molecule has 0 aliphatic heterocycles. The summed E-state index contributed by atoms with van der Waals surface area (Å²) >= 11 is 0. The Morgan fingerprint density at radius 1 is 1.26 bits per heavy atom. The van der Waals surface area contributed by atoms with Gasteiger partial charge in [-0.25, -0.2) is 4.39 Å². The second-order valence-electron chi connectivity index (χ2n) is 4.10. The van der Waals surface area contributed by atoms with Gasteiger partial charge in [-0.1, -0.05) is 6.07 Å². The minimum Gasteiger partial charge on any atom is -0.457 e. The second-order valence-corrected chi connectivity index (χ2v) is 4.10. The van der Waals surface area contributed by atoms with Gasteiger partial charge in [-0.15, -0.1) is 0 Å². The van der Waals surface area contributed by atoms with Crippen LogP contribution in [0.4, 0.5) is 4.39 Å². The minimum absolute atomic E-state index is 0.363. The van der Waals surface area contributed by atoms with Gasteiger partial charge in [0.2, 0.25) is 0 Å². The molecular weight excluding hydrogens is 245 g/mol. The summed E-state index contributed by atoms with van der Waals surface area (Å²) in [6.07, 6.45) is -0.843. The van der Waals surface area contributed by atoms with Gasteiger partial charge in [-0.05, 0) is 43.3 Å². The van der Waals surface area contributed by atoms with Crippen LogP contribution in [0.5, 0.6) is 11.5 Å². The molecule has 4 heteroatoms. The van der Waals surface area contributed by atoms with E-state index in [2.05, 4.69) is 0 Å². The van der Waals surface area contributed by atoms with Crippen LogP contribution in [0.3, 0.4) is 0 Å². The van der Waals surface area contributed by atoms with Crippen molar-refractivity contribution in [1.29, 1.82) is 5.26 Å². The number of hydrogen-bond donors (Lipinski definition) is 1.